The number of nitrogens with zero attached hydrogens (tertiary/aromatic N) is 1. The molecule has 3 nitrogen and oxygen atoms in total. The summed E-state index contributed by atoms with van der Waals surface area (Å²) in [5.41, 5.74) is 10.7. The van der Waals surface area contributed by atoms with Gasteiger partial charge in [-0.2, -0.15) is 5.10 Å². The predicted molar refractivity (Wildman–Crippen MR) is 88.6 cm³/mol. The molecule has 1 aromatic heterocycles. The number of benzene rings is 2. The molecule has 3 rings (SSSR count). The summed E-state index contributed by atoms with van der Waals surface area (Å²) in [6, 6.07) is 13.3. The van der Waals surface area contributed by atoms with Crippen LogP contribution in [0.1, 0.15) is 5.56 Å². The zero-order valence-electron chi connectivity index (χ0n) is 11.3. The molecule has 0 spiro atoms. The van der Waals surface area contributed by atoms with Crippen LogP contribution in [-0.2, 0) is 0 Å². The number of hydrogen-bond acceptors (Lipinski definition) is 2. The minimum Gasteiger partial charge on any atom is -0.382 e. The molecule has 0 amide bonds. The van der Waals surface area contributed by atoms with Crippen molar-refractivity contribution in [2.24, 2.45) is 0 Å². The lowest BCUT2D eigenvalue weighted by Crippen LogP contribution is -1.89. The van der Waals surface area contributed by atoms with Gasteiger partial charge in [-0.05, 0) is 42.3 Å². The molecule has 5 heteroatoms. The van der Waals surface area contributed by atoms with E-state index in [9.17, 15) is 0 Å². The number of rotatable bonds is 2. The summed E-state index contributed by atoms with van der Waals surface area (Å²) >= 11 is 12.0. The second-order valence-electron chi connectivity index (χ2n) is 4.83. The average Bonchev–Trinajstić information content (AvgIpc) is 2.85. The third-order valence-corrected chi connectivity index (χ3v) is 4.05. The number of nitrogens with one attached hydrogen (secondary N) is 1. The van der Waals surface area contributed by atoms with E-state index in [1.165, 1.54) is 0 Å². The normalized spacial score (nSPS) is 10.8. The lowest BCUT2D eigenvalue weighted by atomic mass is 10.00. The second-order valence-corrected chi connectivity index (χ2v) is 5.67. The summed E-state index contributed by atoms with van der Waals surface area (Å²) in [4.78, 5) is 0. The van der Waals surface area contributed by atoms with E-state index < -0.39 is 0 Å². The van der Waals surface area contributed by atoms with Crippen molar-refractivity contribution in [3.8, 4) is 22.4 Å². The first-order chi connectivity index (χ1) is 10.1. The molecular weight excluding hydrogens is 305 g/mol. The maximum atomic E-state index is 6.08. The number of anilines is 1. The van der Waals surface area contributed by atoms with Crippen molar-refractivity contribution in [3.05, 3.63) is 58.1 Å². The fourth-order valence-electron chi connectivity index (χ4n) is 2.27. The SMILES string of the molecule is Cc1cc(-c2[nH]nc(N)c2-c2ccc(Cl)cc2)ccc1Cl. The van der Waals surface area contributed by atoms with E-state index in [4.69, 9.17) is 28.9 Å². The van der Waals surface area contributed by atoms with Crippen molar-refractivity contribution < 1.29 is 0 Å². The largest absolute Gasteiger partial charge is 0.382 e. The molecule has 3 N–H and O–H groups in total. The quantitative estimate of drug-likeness (QED) is 0.703. The van der Waals surface area contributed by atoms with E-state index in [2.05, 4.69) is 10.2 Å². The second kappa shape index (κ2) is 5.43. The molecule has 0 fully saturated rings. The lowest BCUT2D eigenvalue weighted by Gasteiger charge is -2.07. The molecule has 0 saturated heterocycles. The molecule has 1 heterocycles. The van der Waals surface area contributed by atoms with Gasteiger partial charge in [0.05, 0.1) is 11.3 Å². The van der Waals surface area contributed by atoms with Gasteiger partial charge in [-0.1, -0.05) is 41.4 Å². The van der Waals surface area contributed by atoms with Crippen LogP contribution < -0.4 is 5.73 Å². The first kappa shape index (κ1) is 14.0. The Labute approximate surface area is 132 Å². The van der Waals surface area contributed by atoms with Gasteiger partial charge >= 0.3 is 0 Å². The minimum atomic E-state index is 0.458. The van der Waals surface area contributed by atoms with Gasteiger partial charge in [0.25, 0.3) is 0 Å². The molecule has 0 aliphatic heterocycles. The van der Waals surface area contributed by atoms with Gasteiger partial charge < -0.3 is 5.73 Å². The maximum absolute atomic E-state index is 6.08. The summed E-state index contributed by atoms with van der Waals surface area (Å²) < 4.78 is 0. The van der Waals surface area contributed by atoms with E-state index >= 15 is 0 Å². The number of nitrogen functional groups attached to an aromatic ring is 1. The van der Waals surface area contributed by atoms with Crippen LogP contribution >= 0.6 is 23.2 Å². The van der Waals surface area contributed by atoms with Gasteiger partial charge in [-0.3, -0.25) is 5.10 Å². The standard InChI is InChI=1S/C16H13Cl2N3/c1-9-8-11(4-7-13(9)18)15-14(16(19)21-20-15)10-2-5-12(17)6-3-10/h2-8H,1H3,(H3,19,20,21). The zero-order valence-corrected chi connectivity index (χ0v) is 12.8. The molecule has 0 aliphatic carbocycles. The van der Waals surface area contributed by atoms with Crippen molar-refractivity contribution >= 4 is 29.0 Å². The number of halogens is 2. The Morgan fingerprint density at radius 3 is 2.33 bits per heavy atom. The number of nitrogens with two attached hydrogens (primary N) is 1. The topological polar surface area (TPSA) is 54.7 Å². The molecule has 2 aromatic carbocycles. The van der Waals surface area contributed by atoms with Crippen LogP contribution in [0.3, 0.4) is 0 Å². The van der Waals surface area contributed by atoms with E-state index in [-0.39, 0.29) is 0 Å². The Morgan fingerprint density at radius 2 is 1.67 bits per heavy atom. The molecule has 21 heavy (non-hydrogen) atoms. The van der Waals surface area contributed by atoms with Crippen molar-refractivity contribution in [2.75, 3.05) is 5.73 Å². The third kappa shape index (κ3) is 2.62. The van der Waals surface area contributed by atoms with Crippen molar-refractivity contribution in [3.63, 3.8) is 0 Å². The number of aryl methyl sites for hydroxylation is 1. The third-order valence-electron chi connectivity index (χ3n) is 3.37. The van der Waals surface area contributed by atoms with Gasteiger partial charge in [-0.15, -0.1) is 0 Å². The van der Waals surface area contributed by atoms with Crippen molar-refractivity contribution in [1.82, 2.24) is 10.2 Å². The Kier molecular flexibility index (Phi) is 3.62. The zero-order chi connectivity index (χ0) is 15.0. The molecule has 0 bridgehead atoms. The summed E-state index contributed by atoms with van der Waals surface area (Å²) in [5.74, 6) is 0.458. The first-order valence-corrected chi connectivity index (χ1v) is 7.18. The summed E-state index contributed by atoms with van der Waals surface area (Å²) in [5, 5.41) is 8.55. The van der Waals surface area contributed by atoms with E-state index in [1.54, 1.807) is 0 Å². The van der Waals surface area contributed by atoms with Crippen LogP contribution in [0.15, 0.2) is 42.5 Å². The van der Waals surface area contributed by atoms with Gasteiger partial charge in [-0.25, -0.2) is 0 Å². The van der Waals surface area contributed by atoms with Crippen LogP contribution in [0.2, 0.25) is 10.0 Å². The van der Waals surface area contributed by atoms with E-state index in [0.717, 1.165) is 33.0 Å². The van der Waals surface area contributed by atoms with Crippen LogP contribution in [0, 0.1) is 6.92 Å². The summed E-state index contributed by atoms with van der Waals surface area (Å²) in [6.07, 6.45) is 0. The highest BCUT2D eigenvalue weighted by Crippen LogP contribution is 2.36. The molecule has 0 radical (unpaired) electrons. The Bertz CT molecular complexity index is 792. The Hall–Kier alpha value is -1.97. The molecule has 106 valence electrons. The molecule has 0 aliphatic rings. The maximum Gasteiger partial charge on any atom is 0.153 e. The number of aromatic nitrogens is 2. The van der Waals surface area contributed by atoms with Crippen LogP contribution in [0.4, 0.5) is 5.82 Å². The van der Waals surface area contributed by atoms with Gasteiger partial charge in [0.15, 0.2) is 5.82 Å². The minimum absolute atomic E-state index is 0.458. The smallest absolute Gasteiger partial charge is 0.153 e. The van der Waals surface area contributed by atoms with E-state index in [0.29, 0.717) is 10.8 Å². The molecular formula is C16H13Cl2N3. The Morgan fingerprint density at radius 1 is 1.00 bits per heavy atom. The molecule has 0 atom stereocenters. The molecule has 3 aromatic rings. The summed E-state index contributed by atoms with van der Waals surface area (Å²) in [6.45, 7) is 1.97. The fourth-order valence-corrected chi connectivity index (χ4v) is 2.52. The average molecular weight is 318 g/mol. The number of aromatic amines is 1. The van der Waals surface area contributed by atoms with Crippen molar-refractivity contribution in [1.29, 1.82) is 0 Å². The predicted octanol–water partition coefficient (Wildman–Crippen LogP) is 4.94. The summed E-state index contributed by atoms with van der Waals surface area (Å²) in [7, 11) is 0. The van der Waals surface area contributed by atoms with Gasteiger partial charge in [0, 0.05) is 15.6 Å². The van der Waals surface area contributed by atoms with Gasteiger partial charge in [0.2, 0.25) is 0 Å². The highest BCUT2D eigenvalue weighted by molar-refractivity contribution is 6.31. The fraction of sp³-hybridized carbons (Fsp3) is 0.0625. The number of hydrogen-bond donors (Lipinski definition) is 2. The highest BCUT2D eigenvalue weighted by atomic mass is 35.5. The van der Waals surface area contributed by atoms with E-state index in [1.807, 2.05) is 49.4 Å². The van der Waals surface area contributed by atoms with Crippen LogP contribution in [0.25, 0.3) is 22.4 Å². The number of H-pyrrole nitrogens is 1. The molecule has 0 saturated carbocycles. The lowest BCUT2D eigenvalue weighted by molar-refractivity contribution is 1.10. The molecule has 0 unspecified atom stereocenters. The monoisotopic (exact) mass is 317 g/mol. The van der Waals surface area contributed by atoms with Gasteiger partial charge in [0.1, 0.15) is 0 Å². The van der Waals surface area contributed by atoms with Crippen molar-refractivity contribution in [2.45, 2.75) is 6.92 Å². The van der Waals surface area contributed by atoms with Crippen LogP contribution in [-0.4, -0.2) is 10.2 Å². The highest BCUT2D eigenvalue weighted by Gasteiger charge is 2.15. The first-order valence-electron chi connectivity index (χ1n) is 6.42. The van der Waals surface area contributed by atoms with Crippen LogP contribution in [0.5, 0.6) is 0 Å². The Balaban J connectivity index is 2.16.